The maximum absolute atomic E-state index is 14.2. The first-order valence-electron chi connectivity index (χ1n) is 6.56. The average molecular weight is 278 g/mol. The van der Waals surface area contributed by atoms with Crippen LogP contribution in [0.2, 0.25) is 0 Å². The summed E-state index contributed by atoms with van der Waals surface area (Å²) in [5.74, 6) is -0.157. The van der Waals surface area contributed by atoms with Gasteiger partial charge in [0.15, 0.2) is 0 Å². The van der Waals surface area contributed by atoms with Crippen LogP contribution in [0.3, 0.4) is 0 Å². The number of nitrogens with zero attached hydrogens (tertiary/aromatic N) is 1. The van der Waals surface area contributed by atoms with E-state index in [4.69, 9.17) is 0 Å². The third-order valence-corrected chi connectivity index (χ3v) is 4.16. The van der Waals surface area contributed by atoms with Gasteiger partial charge in [0, 0.05) is 17.0 Å². The van der Waals surface area contributed by atoms with Crippen LogP contribution >= 0.6 is 11.3 Å². The lowest BCUT2D eigenvalue weighted by Crippen LogP contribution is -2.05. The van der Waals surface area contributed by atoms with Crippen LogP contribution in [0.1, 0.15) is 29.5 Å². The molecule has 2 rings (SSSR count). The Labute approximate surface area is 117 Å². The predicted molar refractivity (Wildman–Crippen MR) is 79.0 cm³/mol. The molecule has 1 aromatic heterocycles. The molecule has 0 bridgehead atoms. The Kier molecular flexibility index (Phi) is 4.66. The van der Waals surface area contributed by atoms with Crippen LogP contribution in [0.15, 0.2) is 18.2 Å². The summed E-state index contributed by atoms with van der Waals surface area (Å²) in [6.45, 7) is 4.71. The molecule has 0 radical (unpaired) electrons. The molecule has 0 atom stereocenters. The molecule has 0 unspecified atom stereocenters. The Balaban J connectivity index is 2.44. The highest BCUT2D eigenvalue weighted by Crippen LogP contribution is 2.31. The van der Waals surface area contributed by atoms with E-state index in [1.165, 1.54) is 4.88 Å². The van der Waals surface area contributed by atoms with Crippen molar-refractivity contribution in [3.05, 3.63) is 40.2 Å². The Hall–Kier alpha value is -1.26. The van der Waals surface area contributed by atoms with Gasteiger partial charge in [0.2, 0.25) is 0 Å². The largest absolute Gasteiger partial charge is 0.315 e. The Morgan fingerprint density at radius 3 is 2.84 bits per heavy atom. The van der Waals surface area contributed by atoms with Crippen LogP contribution < -0.4 is 5.32 Å². The molecule has 2 aromatic rings. The van der Waals surface area contributed by atoms with Gasteiger partial charge in [-0.2, -0.15) is 0 Å². The molecule has 0 saturated heterocycles. The zero-order chi connectivity index (χ0) is 13.8. The van der Waals surface area contributed by atoms with E-state index >= 15 is 0 Å². The molecule has 0 aliphatic carbocycles. The molecule has 102 valence electrons. The van der Waals surface area contributed by atoms with E-state index in [-0.39, 0.29) is 5.82 Å². The highest BCUT2D eigenvalue weighted by Gasteiger charge is 2.15. The summed E-state index contributed by atoms with van der Waals surface area (Å²) in [5, 5.41) is 3.94. The van der Waals surface area contributed by atoms with Crippen LogP contribution in [0.25, 0.3) is 10.6 Å². The summed E-state index contributed by atoms with van der Waals surface area (Å²) in [6.07, 6.45) is 2.00. The van der Waals surface area contributed by atoms with Gasteiger partial charge in [0.1, 0.15) is 10.8 Å². The quantitative estimate of drug-likeness (QED) is 0.896. The van der Waals surface area contributed by atoms with Crippen molar-refractivity contribution in [3.8, 4) is 10.6 Å². The maximum Gasteiger partial charge on any atom is 0.136 e. The average Bonchev–Trinajstić information content (AvgIpc) is 2.77. The lowest BCUT2D eigenvalue weighted by atomic mass is 10.1. The Morgan fingerprint density at radius 2 is 2.16 bits per heavy atom. The zero-order valence-electron chi connectivity index (χ0n) is 11.6. The summed E-state index contributed by atoms with van der Waals surface area (Å²) in [6, 6.07) is 5.47. The Bertz CT molecular complexity index is 540. The van der Waals surface area contributed by atoms with Crippen molar-refractivity contribution in [3.63, 3.8) is 0 Å². The predicted octanol–water partition coefficient (Wildman–Crippen LogP) is 3.93. The lowest BCUT2D eigenvalue weighted by molar-refractivity contribution is 0.622. The van der Waals surface area contributed by atoms with Gasteiger partial charge in [0.05, 0.1) is 5.69 Å². The third-order valence-electron chi connectivity index (χ3n) is 3.02. The molecule has 19 heavy (non-hydrogen) atoms. The lowest BCUT2D eigenvalue weighted by Gasteiger charge is -2.01. The first-order valence-corrected chi connectivity index (χ1v) is 7.37. The second-order valence-electron chi connectivity index (χ2n) is 4.61. The summed E-state index contributed by atoms with van der Waals surface area (Å²) in [4.78, 5) is 5.84. The van der Waals surface area contributed by atoms with Crippen LogP contribution in [0, 0.1) is 12.7 Å². The molecule has 1 aromatic carbocycles. The number of benzene rings is 1. The molecule has 4 heteroatoms. The number of aromatic nitrogens is 1. The molecule has 0 spiro atoms. The van der Waals surface area contributed by atoms with E-state index < -0.39 is 0 Å². The molecule has 0 amide bonds. The van der Waals surface area contributed by atoms with Crippen LogP contribution in [0.4, 0.5) is 4.39 Å². The van der Waals surface area contributed by atoms with Gasteiger partial charge in [-0.1, -0.05) is 25.5 Å². The first kappa shape index (κ1) is 14.2. The van der Waals surface area contributed by atoms with E-state index in [0.29, 0.717) is 11.1 Å². The van der Waals surface area contributed by atoms with Crippen molar-refractivity contribution < 1.29 is 4.39 Å². The van der Waals surface area contributed by atoms with Crippen LogP contribution in [0.5, 0.6) is 0 Å². The van der Waals surface area contributed by atoms with E-state index in [9.17, 15) is 4.39 Å². The van der Waals surface area contributed by atoms with Gasteiger partial charge in [-0.25, -0.2) is 9.37 Å². The van der Waals surface area contributed by atoms with Gasteiger partial charge in [0.25, 0.3) is 0 Å². The number of aryl methyl sites for hydroxylation is 2. The molecular formula is C15H19FN2S. The second-order valence-corrected chi connectivity index (χ2v) is 5.69. The highest BCUT2D eigenvalue weighted by atomic mass is 32.1. The monoisotopic (exact) mass is 278 g/mol. The normalized spacial score (nSPS) is 10.9. The van der Waals surface area contributed by atoms with Crippen LogP contribution in [-0.4, -0.2) is 12.0 Å². The molecule has 0 fully saturated rings. The third kappa shape index (κ3) is 3.01. The van der Waals surface area contributed by atoms with E-state index in [0.717, 1.165) is 30.1 Å². The van der Waals surface area contributed by atoms with Crippen molar-refractivity contribution in [2.45, 2.75) is 33.2 Å². The fourth-order valence-corrected chi connectivity index (χ4v) is 3.18. The topological polar surface area (TPSA) is 24.9 Å². The minimum absolute atomic E-state index is 0.157. The van der Waals surface area contributed by atoms with Gasteiger partial charge >= 0.3 is 0 Å². The highest BCUT2D eigenvalue weighted by molar-refractivity contribution is 7.15. The summed E-state index contributed by atoms with van der Waals surface area (Å²) in [7, 11) is 1.92. The minimum atomic E-state index is -0.157. The molecule has 0 aliphatic rings. The van der Waals surface area contributed by atoms with E-state index in [2.05, 4.69) is 17.2 Å². The number of rotatable bonds is 5. The smallest absolute Gasteiger partial charge is 0.136 e. The van der Waals surface area contributed by atoms with Crippen LogP contribution in [-0.2, 0) is 13.0 Å². The second kappa shape index (κ2) is 6.26. The van der Waals surface area contributed by atoms with Crippen molar-refractivity contribution in [1.82, 2.24) is 10.3 Å². The molecule has 1 N–H and O–H groups in total. The van der Waals surface area contributed by atoms with E-state index in [1.54, 1.807) is 30.4 Å². The first-order chi connectivity index (χ1) is 9.17. The molecule has 0 saturated carbocycles. The number of hydrogen-bond donors (Lipinski definition) is 1. The molecule has 1 heterocycles. The molecule has 2 nitrogen and oxygen atoms in total. The maximum atomic E-state index is 14.2. The van der Waals surface area contributed by atoms with Gasteiger partial charge in [-0.3, -0.25) is 0 Å². The van der Waals surface area contributed by atoms with Crippen molar-refractivity contribution in [2.24, 2.45) is 0 Å². The summed E-state index contributed by atoms with van der Waals surface area (Å²) in [5.41, 5.74) is 2.38. The number of hydrogen-bond acceptors (Lipinski definition) is 3. The fourth-order valence-electron chi connectivity index (χ4n) is 2.04. The SMILES string of the molecule is CCCc1nc(-c2cccc(C)c2F)sc1CNC. The minimum Gasteiger partial charge on any atom is -0.315 e. The van der Waals surface area contributed by atoms with Gasteiger partial charge in [-0.15, -0.1) is 11.3 Å². The van der Waals surface area contributed by atoms with Crippen molar-refractivity contribution >= 4 is 11.3 Å². The fraction of sp³-hybridized carbons (Fsp3) is 0.400. The zero-order valence-corrected chi connectivity index (χ0v) is 12.4. The van der Waals surface area contributed by atoms with E-state index in [1.807, 2.05) is 13.1 Å². The number of nitrogens with one attached hydrogen (secondary N) is 1. The standard InChI is InChI=1S/C15H19FN2S/c1-4-6-12-13(9-17-3)19-15(18-12)11-8-5-7-10(2)14(11)16/h5,7-8,17H,4,6,9H2,1-3H3. The Morgan fingerprint density at radius 1 is 1.37 bits per heavy atom. The summed E-state index contributed by atoms with van der Waals surface area (Å²) >= 11 is 1.59. The number of halogens is 1. The van der Waals surface area contributed by atoms with Crippen molar-refractivity contribution in [2.75, 3.05) is 7.05 Å². The van der Waals surface area contributed by atoms with Gasteiger partial charge in [-0.05, 0) is 32.0 Å². The molecular weight excluding hydrogens is 259 g/mol. The molecule has 0 aliphatic heterocycles. The van der Waals surface area contributed by atoms with Gasteiger partial charge < -0.3 is 5.32 Å². The summed E-state index contributed by atoms with van der Waals surface area (Å²) < 4.78 is 14.2. The van der Waals surface area contributed by atoms with Crippen molar-refractivity contribution in [1.29, 1.82) is 0 Å². The number of thiazole rings is 1.